The van der Waals surface area contributed by atoms with Crippen molar-refractivity contribution in [1.29, 1.82) is 0 Å². The first-order valence-corrected chi connectivity index (χ1v) is 6.17. The van der Waals surface area contributed by atoms with Gasteiger partial charge < -0.3 is 5.11 Å². The second kappa shape index (κ2) is 4.65. The Morgan fingerprint density at radius 2 is 2.00 bits per heavy atom. The van der Waals surface area contributed by atoms with E-state index in [9.17, 15) is 5.11 Å². The number of halogens is 2. The summed E-state index contributed by atoms with van der Waals surface area (Å²) < 4.78 is 2.96. The van der Waals surface area contributed by atoms with Crippen LogP contribution in [0.15, 0.2) is 33.3 Å². The first-order valence-electron chi connectivity index (χ1n) is 4.59. The topological polar surface area (TPSA) is 50.9 Å². The van der Waals surface area contributed by atoms with Gasteiger partial charge in [0.1, 0.15) is 11.8 Å². The SMILES string of the molecule is Cn1nnc(Br)c1C(O)c1ccccc1Br. The number of hydrogen-bond acceptors (Lipinski definition) is 3. The van der Waals surface area contributed by atoms with Gasteiger partial charge in [-0.1, -0.05) is 39.3 Å². The lowest BCUT2D eigenvalue weighted by Crippen LogP contribution is -2.07. The molecule has 1 atom stereocenters. The fraction of sp³-hybridized carbons (Fsp3) is 0.200. The highest BCUT2D eigenvalue weighted by molar-refractivity contribution is 9.10. The molecular weight excluding hydrogens is 338 g/mol. The van der Waals surface area contributed by atoms with Crippen molar-refractivity contribution in [2.75, 3.05) is 0 Å². The van der Waals surface area contributed by atoms with E-state index in [0.717, 1.165) is 10.0 Å². The minimum atomic E-state index is -0.759. The highest BCUT2D eigenvalue weighted by atomic mass is 79.9. The maximum absolute atomic E-state index is 10.3. The summed E-state index contributed by atoms with van der Waals surface area (Å²) >= 11 is 6.68. The van der Waals surface area contributed by atoms with Crippen LogP contribution in [0.2, 0.25) is 0 Å². The molecule has 0 spiro atoms. The number of rotatable bonds is 2. The summed E-state index contributed by atoms with van der Waals surface area (Å²) in [5.74, 6) is 0. The van der Waals surface area contributed by atoms with E-state index in [4.69, 9.17) is 0 Å². The van der Waals surface area contributed by atoms with Crippen molar-refractivity contribution in [2.45, 2.75) is 6.10 Å². The van der Waals surface area contributed by atoms with Gasteiger partial charge in [-0.3, -0.25) is 0 Å². The van der Waals surface area contributed by atoms with Gasteiger partial charge in [-0.25, -0.2) is 4.68 Å². The summed E-state index contributed by atoms with van der Waals surface area (Å²) in [7, 11) is 1.74. The molecule has 0 saturated heterocycles. The minimum Gasteiger partial charge on any atom is -0.382 e. The van der Waals surface area contributed by atoms with Crippen LogP contribution in [0.4, 0.5) is 0 Å². The Balaban J connectivity index is 2.47. The molecule has 0 aliphatic heterocycles. The second-order valence-electron chi connectivity index (χ2n) is 3.31. The zero-order chi connectivity index (χ0) is 11.7. The highest BCUT2D eigenvalue weighted by Crippen LogP contribution is 2.30. The van der Waals surface area contributed by atoms with Gasteiger partial charge >= 0.3 is 0 Å². The van der Waals surface area contributed by atoms with Crippen molar-refractivity contribution in [3.8, 4) is 0 Å². The lowest BCUT2D eigenvalue weighted by Gasteiger charge is -2.12. The molecule has 0 radical (unpaired) electrons. The summed E-state index contributed by atoms with van der Waals surface area (Å²) in [5, 5.41) is 17.9. The first kappa shape index (κ1) is 11.8. The maximum Gasteiger partial charge on any atom is 0.154 e. The standard InChI is InChI=1S/C10H9Br2N3O/c1-15-8(10(12)13-14-15)9(16)6-4-2-3-5-7(6)11/h2-5,9,16H,1H3. The summed E-state index contributed by atoms with van der Waals surface area (Å²) in [6.07, 6.45) is -0.759. The van der Waals surface area contributed by atoms with E-state index >= 15 is 0 Å². The fourth-order valence-electron chi connectivity index (χ4n) is 1.47. The monoisotopic (exact) mass is 345 g/mol. The second-order valence-corrected chi connectivity index (χ2v) is 4.92. The van der Waals surface area contributed by atoms with E-state index in [1.54, 1.807) is 11.7 Å². The molecule has 0 bridgehead atoms. The quantitative estimate of drug-likeness (QED) is 0.908. The first-order chi connectivity index (χ1) is 7.61. The van der Waals surface area contributed by atoms with Crippen molar-refractivity contribution in [3.05, 3.63) is 44.6 Å². The summed E-state index contributed by atoms with van der Waals surface area (Å²) in [6.45, 7) is 0. The molecule has 1 aromatic heterocycles. The van der Waals surface area contributed by atoms with Crippen LogP contribution in [0.25, 0.3) is 0 Å². The van der Waals surface area contributed by atoms with Gasteiger partial charge in [0.15, 0.2) is 4.60 Å². The molecular formula is C10H9Br2N3O. The van der Waals surface area contributed by atoms with Crippen molar-refractivity contribution in [1.82, 2.24) is 15.0 Å². The predicted molar refractivity (Wildman–Crippen MR) is 66.9 cm³/mol. The number of hydrogen-bond donors (Lipinski definition) is 1. The third-order valence-corrected chi connectivity index (χ3v) is 3.57. The lowest BCUT2D eigenvalue weighted by atomic mass is 10.1. The molecule has 0 aliphatic rings. The van der Waals surface area contributed by atoms with Gasteiger partial charge in [0.25, 0.3) is 0 Å². The molecule has 1 aromatic carbocycles. The third kappa shape index (κ3) is 2.05. The van der Waals surface area contributed by atoms with E-state index in [2.05, 4.69) is 42.2 Å². The largest absolute Gasteiger partial charge is 0.382 e. The van der Waals surface area contributed by atoms with Crippen LogP contribution in [0, 0.1) is 0 Å². The Morgan fingerprint density at radius 1 is 1.31 bits per heavy atom. The molecule has 0 fully saturated rings. The van der Waals surface area contributed by atoms with Gasteiger partial charge in [-0.2, -0.15) is 0 Å². The van der Waals surface area contributed by atoms with Crippen molar-refractivity contribution < 1.29 is 5.11 Å². The van der Waals surface area contributed by atoms with Crippen LogP contribution < -0.4 is 0 Å². The summed E-state index contributed by atoms with van der Waals surface area (Å²) in [6, 6.07) is 7.52. The van der Waals surface area contributed by atoms with Gasteiger partial charge in [0.05, 0.1) is 0 Å². The predicted octanol–water partition coefficient (Wildman–Crippen LogP) is 2.42. The van der Waals surface area contributed by atoms with Crippen molar-refractivity contribution in [3.63, 3.8) is 0 Å². The Labute approximate surface area is 110 Å². The number of aromatic nitrogens is 3. The van der Waals surface area contributed by atoms with Crippen molar-refractivity contribution >= 4 is 31.9 Å². The van der Waals surface area contributed by atoms with Gasteiger partial charge in [-0.05, 0) is 22.0 Å². The smallest absolute Gasteiger partial charge is 0.154 e. The Kier molecular flexibility index (Phi) is 3.41. The average Bonchev–Trinajstić information content (AvgIpc) is 2.58. The highest BCUT2D eigenvalue weighted by Gasteiger charge is 2.20. The average molecular weight is 347 g/mol. The van der Waals surface area contributed by atoms with E-state index in [0.29, 0.717) is 10.3 Å². The van der Waals surface area contributed by atoms with E-state index in [1.165, 1.54) is 0 Å². The lowest BCUT2D eigenvalue weighted by molar-refractivity contribution is 0.208. The molecule has 2 aromatic rings. The van der Waals surface area contributed by atoms with Crippen LogP contribution in [-0.4, -0.2) is 20.1 Å². The normalized spacial score (nSPS) is 12.8. The van der Waals surface area contributed by atoms with Gasteiger partial charge in [0, 0.05) is 17.1 Å². The molecule has 1 heterocycles. The molecule has 6 heteroatoms. The molecule has 1 N–H and O–H groups in total. The van der Waals surface area contributed by atoms with E-state index in [1.807, 2.05) is 24.3 Å². The Hall–Kier alpha value is -0.720. The molecule has 0 saturated carbocycles. The molecule has 1 unspecified atom stereocenters. The van der Waals surface area contributed by atoms with Gasteiger partial charge in [0.2, 0.25) is 0 Å². The Morgan fingerprint density at radius 3 is 2.56 bits per heavy atom. The minimum absolute atomic E-state index is 0.554. The van der Waals surface area contributed by atoms with Crippen LogP contribution in [0.3, 0.4) is 0 Å². The van der Waals surface area contributed by atoms with Gasteiger partial charge in [-0.15, -0.1) is 5.10 Å². The molecule has 4 nitrogen and oxygen atoms in total. The molecule has 84 valence electrons. The molecule has 0 aliphatic carbocycles. The number of nitrogens with zero attached hydrogens (tertiary/aromatic N) is 3. The fourth-order valence-corrected chi connectivity index (χ4v) is 2.52. The van der Waals surface area contributed by atoms with Crippen LogP contribution >= 0.6 is 31.9 Å². The third-order valence-electron chi connectivity index (χ3n) is 2.29. The van der Waals surface area contributed by atoms with Crippen LogP contribution in [-0.2, 0) is 7.05 Å². The van der Waals surface area contributed by atoms with Crippen LogP contribution in [0.5, 0.6) is 0 Å². The number of aliphatic hydroxyl groups is 1. The Bertz CT molecular complexity index is 493. The van der Waals surface area contributed by atoms with Crippen molar-refractivity contribution in [2.24, 2.45) is 7.05 Å². The molecule has 16 heavy (non-hydrogen) atoms. The summed E-state index contributed by atoms with van der Waals surface area (Å²) in [4.78, 5) is 0. The molecule has 0 amide bonds. The van der Waals surface area contributed by atoms with E-state index in [-0.39, 0.29) is 0 Å². The number of aliphatic hydroxyl groups excluding tert-OH is 1. The number of aryl methyl sites for hydroxylation is 1. The summed E-state index contributed by atoms with van der Waals surface area (Å²) in [5.41, 5.74) is 1.42. The number of benzene rings is 1. The maximum atomic E-state index is 10.3. The zero-order valence-corrected chi connectivity index (χ0v) is 11.6. The van der Waals surface area contributed by atoms with Crippen LogP contribution in [0.1, 0.15) is 17.4 Å². The molecule has 2 rings (SSSR count). The zero-order valence-electron chi connectivity index (χ0n) is 8.43. The van der Waals surface area contributed by atoms with E-state index < -0.39 is 6.10 Å².